The average Bonchev–Trinajstić information content (AvgIpc) is 2.90. The van der Waals surface area contributed by atoms with Crippen LogP contribution in [0, 0.1) is 0 Å². The summed E-state index contributed by atoms with van der Waals surface area (Å²) in [4.78, 5) is 14.0. The number of carbonyl (C=O) groups excluding carboxylic acids is 1. The van der Waals surface area contributed by atoms with Crippen LogP contribution in [0.4, 0.5) is 0 Å². The molecule has 7 nitrogen and oxygen atoms in total. The third-order valence-electron chi connectivity index (χ3n) is 4.46. The molecule has 21 heavy (non-hydrogen) atoms. The number of nitrogens with zero attached hydrogens (tertiary/aromatic N) is 2. The smallest absolute Gasteiger partial charge is 0.237 e. The Bertz CT molecular complexity index is 491. The predicted molar refractivity (Wildman–Crippen MR) is 75.0 cm³/mol. The summed E-state index contributed by atoms with van der Waals surface area (Å²) in [5.41, 5.74) is 0. The van der Waals surface area contributed by atoms with Crippen LogP contribution in [0.25, 0.3) is 0 Å². The summed E-state index contributed by atoms with van der Waals surface area (Å²) in [5.74, 6) is -0.465. The lowest BCUT2D eigenvalue weighted by molar-refractivity contribution is -0.187. The molecule has 1 spiro atoms. The number of hydrogen-bond acceptors (Lipinski definition) is 5. The van der Waals surface area contributed by atoms with Crippen molar-refractivity contribution in [3.05, 3.63) is 0 Å². The van der Waals surface area contributed by atoms with Crippen molar-refractivity contribution in [2.45, 2.75) is 31.5 Å². The van der Waals surface area contributed by atoms with Crippen LogP contribution in [0.15, 0.2) is 0 Å². The van der Waals surface area contributed by atoms with E-state index in [-0.39, 0.29) is 18.2 Å². The third-order valence-corrected chi connectivity index (χ3v) is 6.36. The van der Waals surface area contributed by atoms with Crippen LogP contribution in [-0.2, 0) is 24.3 Å². The van der Waals surface area contributed by atoms with Gasteiger partial charge in [0, 0.05) is 32.5 Å². The highest BCUT2D eigenvalue weighted by Gasteiger charge is 2.41. The molecule has 0 aromatic carbocycles. The van der Waals surface area contributed by atoms with Gasteiger partial charge in [0.1, 0.15) is 0 Å². The van der Waals surface area contributed by atoms with Gasteiger partial charge in [0.15, 0.2) is 5.79 Å². The van der Waals surface area contributed by atoms with Crippen molar-refractivity contribution in [2.75, 3.05) is 45.1 Å². The van der Waals surface area contributed by atoms with E-state index >= 15 is 0 Å². The SMILES string of the molecule is O=C(CN1CCCCS1(=O)=O)N1CCC2(CC1)OCCO2. The fourth-order valence-corrected chi connectivity index (χ4v) is 4.69. The van der Waals surface area contributed by atoms with E-state index in [0.29, 0.717) is 52.1 Å². The number of likely N-dealkylation sites (tertiary alicyclic amines) is 1. The maximum absolute atomic E-state index is 12.3. The molecule has 0 bridgehead atoms. The van der Waals surface area contributed by atoms with Crippen molar-refractivity contribution in [1.82, 2.24) is 9.21 Å². The van der Waals surface area contributed by atoms with Gasteiger partial charge in [-0.1, -0.05) is 0 Å². The fourth-order valence-electron chi connectivity index (χ4n) is 3.15. The van der Waals surface area contributed by atoms with Crippen molar-refractivity contribution < 1.29 is 22.7 Å². The summed E-state index contributed by atoms with van der Waals surface area (Å²) >= 11 is 0. The number of carbonyl (C=O) groups is 1. The first-order valence-electron chi connectivity index (χ1n) is 7.54. The Balaban J connectivity index is 1.54. The summed E-state index contributed by atoms with van der Waals surface area (Å²) in [6, 6.07) is 0. The monoisotopic (exact) mass is 318 g/mol. The molecule has 0 saturated carbocycles. The van der Waals surface area contributed by atoms with Crippen LogP contribution < -0.4 is 0 Å². The van der Waals surface area contributed by atoms with E-state index in [9.17, 15) is 13.2 Å². The quantitative estimate of drug-likeness (QED) is 0.703. The van der Waals surface area contributed by atoms with E-state index in [1.165, 1.54) is 4.31 Å². The molecule has 3 fully saturated rings. The van der Waals surface area contributed by atoms with Gasteiger partial charge in [-0.25, -0.2) is 8.42 Å². The zero-order valence-electron chi connectivity index (χ0n) is 12.1. The molecule has 0 aromatic rings. The Morgan fingerprint density at radius 3 is 2.33 bits per heavy atom. The number of ether oxygens (including phenoxy) is 2. The molecule has 0 radical (unpaired) electrons. The molecule has 3 saturated heterocycles. The van der Waals surface area contributed by atoms with Gasteiger partial charge in [0.2, 0.25) is 15.9 Å². The lowest BCUT2D eigenvalue weighted by Gasteiger charge is -2.38. The predicted octanol–water partition coefficient (Wildman–Crippen LogP) is -0.222. The molecular formula is C13H22N2O5S. The van der Waals surface area contributed by atoms with E-state index in [0.717, 1.165) is 6.42 Å². The second-order valence-electron chi connectivity index (χ2n) is 5.85. The molecule has 3 rings (SSSR count). The standard InChI is InChI=1S/C13H22N2O5S/c16-12(11-15-5-1-2-10-21(15,17)18)14-6-3-13(4-7-14)19-8-9-20-13/h1-11H2. The number of sulfonamides is 1. The van der Waals surface area contributed by atoms with Gasteiger partial charge in [-0.2, -0.15) is 4.31 Å². The molecule has 0 aliphatic carbocycles. The Morgan fingerprint density at radius 2 is 1.71 bits per heavy atom. The zero-order chi connectivity index (χ0) is 14.9. The van der Waals surface area contributed by atoms with Crippen LogP contribution in [0.2, 0.25) is 0 Å². The van der Waals surface area contributed by atoms with Crippen molar-refractivity contribution in [2.24, 2.45) is 0 Å². The maximum atomic E-state index is 12.3. The van der Waals surface area contributed by atoms with Crippen LogP contribution in [-0.4, -0.2) is 74.5 Å². The highest BCUT2D eigenvalue weighted by atomic mass is 32.2. The maximum Gasteiger partial charge on any atom is 0.237 e. The minimum atomic E-state index is -3.24. The summed E-state index contributed by atoms with van der Waals surface area (Å²) < 4.78 is 36.4. The molecular weight excluding hydrogens is 296 g/mol. The molecule has 3 heterocycles. The highest BCUT2D eigenvalue weighted by Crippen LogP contribution is 2.31. The van der Waals surface area contributed by atoms with Crippen LogP contribution >= 0.6 is 0 Å². The third kappa shape index (κ3) is 3.23. The molecule has 0 aromatic heterocycles. The number of piperidine rings is 1. The number of amides is 1. The van der Waals surface area contributed by atoms with Crippen molar-refractivity contribution in [3.8, 4) is 0 Å². The Kier molecular flexibility index (Phi) is 4.22. The summed E-state index contributed by atoms with van der Waals surface area (Å²) in [6.45, 7) is 2.77. The lowest BCUT2D eigenvalue weighted by atomic mass is 10.0. The first-order chi connectivity index (χ1) is 10.0. The second-order valence-corrected chi connectivity index (χ2v) is 7.93. The van der Waals surface area contributed by atoms with Crippen LogP contribution in [0.1, 0.15) is 25.7 Å². The minimum absolute atomic E-state index is 0.0307. The van der Waals surface area contributed by atoms with Crippen molar-refractivity contribution >= 4 is 15.9 Å². The average molecular weight is 318 g/mol. The van der Waals surface area contributed by atoms with E-state index in [1.54, 1.807) is 4.90 Å². The van der Waals surface area contributed by atoms with Gasteiger partial charge in [0.05, 0.1) is 25.5 Å². The van der Waals surface area contributed by atoms with Gasteiger partial charge in [0.25, 0.3) is 0 Å². The van der Waals surface area contributed by atoms with Crippen molar-refractivity contribution in [3.63, 3.8) is 0 Å². The Labute approximate surface area is 125 Å². The van der Waals surface area contributed by atoms with Gasteiger partial charge in [-0.05, 0) is 12.8 Å². The highest BCUT2D eigenvalue weighted by molar-refractivity contribution is 7.89. The Hall–Kier alpha value is -0.700. The van der Waals surface area contributed by atoms with Crippen molar-refractivity contribution in [1.29, 1.82) is 0 Å². The second kappa shape index (κ2) is 5.83. The van der Waals surface area contributed by atoms with Gasteiger partial charge >= 0.3 is 0 Å². The summed E-state index contributed by atoms with van der Waals surface area (Å²) in [5, 5.41) is 0. The summed E-state index contributed by atoms with van der Waals surface area (Å²) in [6.07, 6.45) is 2.84. The van der Waals surface area contributed by atoms with Crippen LogP contribution in [0.5, 0.6) is 0 Å². The molecule has 0 N–H and O–H groups in total. The van der Waals surface area contributed by atoms with Gasteiger partial charge in [-0.3, -0.25) is 4.79 Å². The van der Waals surface area contributed by atoms with Gasteiger partial charge in [-0.15, -0.1) is 0 Å². The minimum Gasteiger partial charge on any atom is -0.347 e. The van der Waals surface area contributed by atoms with Crippen LogP contribution in [0.3, 0.4) is 0 Å². The molecule has 1 amide bonds. The van der Waals surface area contributed by atoms with E-state index in [2.05, 4.69) is 0 Å². The Morgan fingerprint density at radius 1 is 1.05 bits per heavy atom. The first-order valence-corrected chi connectivity index (χ1v) is 9.15. The van der Waals surface area contributed by atoms with E-state index < -0.39 is 15.8 Å². The molecule has 3 aliphatic heterocycles. The molecule has 120 valence electrons. The van der Waals surface area contributed by atoms with Gasteiger partial charge < -0.3 is 14.4 Å². The summed E-state index contributed by atoms with van der Waals surface area (Å²) in [7, 11) is -3.24. The van der Waals surface area contributed by atoms with E-state index in [1.807, 2.05) is 0 Å². The largest absolute Gasteiger partial charge is 0.347 e. The normalized spacial score (nSPS) is 28.9. The fraction of sp³-hybridized carbons (Fsp3) is 0.923. The molecule has 0 atom stereocenters. The molecule has 0 unspecified atom stereocenters. The topological polar surface area (TPSA) is 76.2 Å². The van der Waals surface area contributed by atoms with E-state index in [4.69, 9.17) is 9.47 Å². The molecule has 3 aliphatic rings. The molecule has 8 heteroatoms. The number of rotatable bonds is 2. The zero-order valence-corrected chi connectivity index (χ0v) is 12.9. The number of hydrogen-bond donors (Lipinski definition) is 0. The lowest BCUT2D eigenvalue weighted by Crippen LogP contribution is -2.51. The first kappa shape index (κ1) is 15.2.